The average molecular weight is 398 g/mol. The Morgan fingerprint density at radius 3 is 2.89 bits per heavy atom. The molecule has 152 valence electrons. The number of hydrogen-bond donors (Lipinski definition) is 2. The van der Waals surface area contributed by atoms with Crippen molar-refractivity contribution in [2.75, 3.05) is 44.8 Å². The van der Waals surface area contributed by atoms with Crippen LogP contribution >= 0.6 is 11.8 Å². The summed E-state index contributed by atoms with van der Waals surface area (Å²) in [6.45, 7) is 8.29. The Hall–Kier alpha value is -1.51. The molecule has 1 aliphatic rings. The van der Waals surface area contributed by atoms with Gasteiger partial charge in [-0.25, -0.2) is 0 Å². The molecular weight excluding hydrogens is 366 g/mol. The van der Waals surface area contributed by atoms with Crippen LogP contribution in [-0.4, -0.2) is 73.7 Å². The van der Waals surface area contributed by atoms with Crippen LogP contribution in [0.5, 0.6) is 0 Å². The highest BCUT2D eigenvalue weighted by atomic mass is 32.2. The minimum atomic E-state index is -0.592. The summed E-state index contributed by atoms with van der Waals surface area (Å²) in [5.41, 5.74) is 0. The number of nitrogens with one attached hydrogen (secondary N) is 2. The molecule has 2 atom stereocenters. The van der Waals surface area contributed by atoms with Crippen molar-refractivity contribution in [2.45, 2.75) is 32.4 Å². The van der Waals surface area contributed by atoms with E-state index in [1.807, 2.05) is 6.26 Å². The number of amides is 2. The zero-order valence-corrected chi connectivity index (χ0v) is 17.2. The van der Waals surface area contributed by atoms with Gasteiger partial charge in [0.1, 0.15) is 6.04 Å². The molecule has 2 unspecified atom stereocenters. The van der Waals surface area contributed by atoms with Gasteiger partial charge in [0.25, 0.3) is 5.91 Å². The molecule has 0 saturated carbocycles. The van der Waals surface area contributed by atoms with Crippen molar-refractivity contribution in [3.63, 3.8) is 0 Å². The molecule has 2 heterocycles. The van der Waals surface area contributed by atoms with E-state index in [0.29, 0.717) is 25.5 Å². The molecule has 1 fully saturated rings. The van der Waals surface area contributed by atoms with Crippen LogP contribution in [0, 0.1) is 5.92 Å². The second kappa shape index (κ2) is 11.4. The van der Waals surface area contributed by atoms with E-state index >= 15 is 0 Å². The van der Waals surface area contributed by atoms with Gasteiger partial charge in [0.05, 0.1) is 19.0 Å². The molecule has 2 rings (SSSR count). The largest absolute Gasteiger partial charge is 0.459 e. The zero-order valence-electron chi connectivity index (χ0n) is 16.4. The second-order valence-electron chi connectivity index (χ2n) is 7.18. The van der Waals surface area contributed by atoms with E-state index in [9.17, 15) is 9.59 Å². The number of morpholine rings is 1. The van der Waals surface area contributed by atoms with Crippen molar-refractivity contribution >= 4 is 23.6 Å². The van der Waals surface area contributed by atoms with Crippen LogP contribution in [0.15, 0.2) is 22.8 Å². The molecule has 0 aromatic carbocycles. The zero-order chi connectivity index (χ0) is 19.6. The predicted octanol–water partition coefficient (Wildman–Crippen LogP) is 1.60. The minimum absolute atomic E-state index is 0.0246. The van der Waals surface area contributed by atoms with Gasteiger partial charge in [-0.3, -0.25) is 14.5 Å². The van der Waals surface area contributed by atoms with E-state index in [2.05, 4.69) is 29.4 Å². The molecule has 8 heteroatoms. The van der Waals surface area contributed by atoms with Gasteiger partial charge in [-0.15, -0.1) is 0 Å². The minimum Gasteiger partial charge on any atom is -0.459 e. The quantitative estimate of drug-likeness (QED) is 0.624. The number of carbonyl (C=O) groups excluding carboxylic acids is 2. The van der Waals surface area contributed by atoms with Gasteiger partial charge in [0.2, 0.25) is 5.91 Å². The van der Waals surface area contributed by atoms with E-state index in [-0.39, 0.29) is 23.7 Å². The van der Waals surface area contributed by atoms with Crippen LogP contribution in [0.1, 0.15) is 30.8 Å². The van der Waals surface area contributed by atoms with Gasteiger partial charge in [-0.05, 0) is 36.5 Å². The molecule has 1 aliphatic heterocycles. The lowest BCUT2D eigenvalue weighted by atomic mass is 10.1. The normalized spacial score (nSPS) is 19.0. The number of hydrogen-bond acceptors (Lipinski definition) is 6. The average Bonchev–Trinajstić information content (AvgIpc) is 3.17. The Kier molecular flexibility index (Phi) is 9.17. The molecule has 2 amide bonds. The number of ether oxygens (including phenoxy) is 1. The van der Waals surface area contributed by atoms with E-state index in [1.165, 1.54) is 6.26 Å². The van der Waals surface area contributed by atoms with Crippen molar-refractivity contribution < 1.29 is 18.7 Å². The first-order valence-electron chi connectivity index (χ1n) is 9.44. The highest BCUT2D eigenvalue weighted by Crippen LogP contribution is 2.08. The Labute approximate surface area is 165 Å². The third-order valence-electron chi connectivity index (χ3n) is 4.33. The monoisotopic (exact) mass is 397 g/mol. The molecule has 0 spiro atoms. The molecule has 1 saturated heterocycles. The summed E-state index contributed by atoms with van der Waals surface area (Å²) in [5.74, 6) is 1.02. The SMILES string of the molecule is CSCCC(NC(=O)c1ccco1)C(=O)NCC1CN(CC(C)C)CCO1. The second-order valence-corrected chi connectivity index (χ2v) is 8.16. The van der Waals surface area contributed by atoms with Crippen molar-refractivity contribution in [1.29, 1.82) is 0 Å². The molecule has 0 radical (unpaired) electrons. The van der Waals surface area contributed by atoms with Crippen molar-refractivity contribution in [3.8, 4) is 0 Å². The third-order valence-corrected chi connectivity index (χ3v) is 4.97. The smallest absolute Gasteiger partial charge is 0.287 e. The first-order chi connectivity index (χ1) is 13.0. The first-order valence-corrected chi connectivity index (χ1v) is 10.8. The van der Waals surface area contributed by atoms with Gasteiger partial charge >= 0.3 is 0 Å². The fourth-order valence-electron chi connectivity index (χ4n) is 3.07. The summed E-state index contributed by atoms with van der Waals surface area (Å²) in [4.78, 5) is 27.2. The molecule has 0 bridgehead atoms. The van der Waals surface area contributed by atoms with E-state index in [1.54, 1.807) is 23.9 Å². The highest BCUT2D eigenvalue weighted by Gasteiger charge is 2.25. The van der Waals surface area contributed by atoms with Crippen LogP contribution in [0.25, 0.3) is 0 Å². The van der Waals surface area contributed by atoms with E-state index in [0.717, 1.165) is 25.4 Å². The lowest BCUT2D eigenvalue weighted by molar-refractivity contribution is -0.124. The fourth-order valence-corrected chi connectivity index (χ4v) is 3.54. The Morgan fingerprint density at radius 2 is 2.22 bits per heavy atom. The van der Waals surface area contributed by atoms with Crippen LogP contribution in [0.4, 0.5) is 0 Å². The third kappa shape index (κ3) is 7.56. The molecule has 1 aromatic heterocycles. The van der Waals surface area contributed by atoms with Gasteiger partial charge in [0, 0.05) is 26.2 Å². The van der Waals surface area contributed by atoms with Gasteiger partial charge < -0.3 is 19.8 Å². The van der Waals surface area contributed by atoms with E-state index in [4.69, 9.17) is 9.15 Å². The van der Waals surface area contributed by atoms with Crippen molar-refractivity contribution in [1.82, 2.24) is 15.5 Å². The van der Waals surface area contributed by atoms with Crippen molar-refractivity contribution in [3.05, 3.63) is 24.2 Å². The maximum absolute atomic E-state index is 12.6. The van der Waals surface area contributed by atoms with Crippen LogP contribution in [0.3, 0.4) is 0 Å². The maximum Gasteiger partial charge on any atom is 0.287 e. The lowest BCUT2D eigenvalue weighted by Crippen LogP contribution is -2.52. The summed E-state index contributed by atoms with van der Waals surface area (Å²) in [6, 6.07) is 2.64. The summed E-state index contributed by atoms with van der Waals surface area (Å²) in [7, 11) is 0. The number of carbonyl (C=O) groups is 2. The molecular formula is C19H31N3O4S. The van der Waals surface area contributed by atoms with Crippen molar-refractivity contribution in [2.24, 2.45) is 5.92 Å². The summed E-state index contributed by atoms with van der Waals surface area (Å²) >= 11 is 1.64. The molecule has 2 N–H and O–H groups in total. The molecule has 7 nitrogen and oxygen atoms in total. The van der Waals surface area contributed by atoms with Crippen LogP contribution in [0.2, 0.25) is 0 Å². The summed E-state index contributed by atoms with van der Waals surface area (Å²) in [6.07, 6.45) is 3.95. The summed E-state index contributed by atoms with van der Waals surface area (Å²) < 4.78 is 10.9. The van der Waals surface area contributed by atoms with Gasteiger partial charge in [0.15, 0.2) is 5.76 Å². The van der Waals surface area contributed by atoms with E-state index < -0.39 is 6.04 Å². The number of nitrogens with zero attached hydrogens (tertiary/aromatic N) is 1. The number of rotatable bonds is 10. The topological polar surface area (TPSA) is 83.8 Å². The lowest BCUT2D eigenvalue weighted by Gasteiger charge is -2.34. The predicted molar refractivity (Wildman–Crippen MR) is 107 cm³/mol. The first kappa shape index (κ1) is 21.8. The maximum atomic E-state index is 12.6. The summed E-state index contributed by atoms with van der Waals surface area (Å²) in [5, 5.41) is 5.71. The Morgan fingerprint density at radius 1 is 1.41 bits per heavy atom. The Bertz CT molecular complexity index is 580. The highest BCUT2D eigenvalue weighted by molar-refractivity contribution is 7.98. The van der Waals surface area contributed by atoms with Gasteiger partial charge in [-0.1, -0.05) is 13.8 Å². The number of furan rings is 1. The Balaban J connectivity index is 1.84. The molecule has 0 aliphatic carbocycles. The van der Waals surface area contributed by atoms with Crippen LogP contribution in [-0.2, 0) is 9.53 Å². The molecule has 27 heavy (non-hydrogen) atoms. The fraction of sp³-hybridized carbons (Fsp3) is 0.684. The standard InChI is InChI=1S/C19H31N3O4S/c1-14(2)12-22-7-9-25-15(13-22)11-20-18(23)16(6-10-27-3)21-19(24)17-5-4-8-26-17/h4-5,8,14-16H,6-7,9-13H2,1-3H3,(H,20,23)(H,21,24). The van der Waals surface area contributed by atoms with Gasteiger partial charge in [-0.2, -0.15) is 11.8 Å². The van der Waals surface area contributed by atoms with Crippen LogP contribution < -0.4 is 10.6 Å². The number of thioether (sulfide) groups is 1. The molecule has 1 aromatic rings.